The molecule has 1 N–H and O–H groups in total. The summed E-state index contributed by atoms with van der Waals surface area (Å²) in [5.41, 5.74) is 0. The highest BCUT2D eigenvalue weighted by Gasteiger charge is 2.18. The van der Waals surface area contributed by atoms with Crippen molar-refractivity contribution < 1.29 is 9.53 Å². The molecular formula is C11H21NO2. The Bertz CT molecular complexity index is 174. The van der Waals surface area contributed by atoms with Gasteiger partial charge in [0.15, 0.2) is 0 Å². The van der Waals surface area contributed by atoms with Gasteiger partial charge in [0.1, 0.15) is 6.04 Å². The van der Waals surface area contributed by atoms with E-state index in [1.807, 2.05) is 6.92 Å². The zero-order valence-corrected chi connectivity index (χ0v) is 9.21. The third kappa shape index (κ3) is 3.66. The average molecular weight is 199 g/mol. The van der Waals surface area contributed by atoms with Gasteiger partial charge < -0.3 is 10.1 Å². The number of ether oxygens (including phenoxy) is 1. The smallest absolute Gasteiger partial charge is 0.322 e. The molecule has 1 saturated carbocycles. The van der Waals surface area contributed by atoms with Gasteiger partial charge in [0.05, 0.1) is 7.11 Å². The summed E-state index contributed by atoms with van der Waals surface area (Å²) in [5.74, 6) is -0.158. The number of carbonyl (C=O) groups excluding carboxylic acids is 1. The van der Waals surface area contributed by atoms with E-state index in [2.05, 4.69) is 10.1 Å². The van der Waals surface area contributed by atoms with Crippen molar-refractivity contribution in [3.05, 3.63) is 0 Å². The molecule has 0 aromatic heterocycles. The Morgan fingerprint density at radius 1 is 1.29 bits per heavy atom. The molecule has 0 saturated heterocycles. The molecule has 0 aliphatic heterocycles. The number of carbonyl (C=O) groups is 1. The number of hydrogen-bond donors (Lipinski definition) is 1. The summed E-state index contributed by atoms with van der Waals surface area (Å²) in [4.78, 5) is 11.2. The quantitative estimate of drug-likeness (QED) is 0.557. The molecule has 1 aliphatic rings. The van der Waals surface area contributed by atoms with E-state index in [1.54, 1.807) is 0 Å². The van der Waals surface area contributed by atoms with Crippen molar-refractivity contribution in [2.45, 2.75) is 57.5 Å². The molecule has 3 heteroatoms. The van der Waals surface area contributed by atoms with Crippen LogP contribution in [0.1, 0.15) is 45.4 Å². The van der Waals surface area contributed by atoms with Crippen LogP contribution in [-0.2, 0) is 9.53 Å². The first-order valence-corrected chi connectivity index (χ1v) is 5.58. The maximum absolute atomic E-state index is 11.2. The van der Waals surface area contributed by atoms with E-state index in [4.69, 9.17) is 0 Å². The van der Waals surface area contributed by atoms with Gasteiger partial charge in [0, 0.05) is 6.04 Å². The number of esters is 1. The molecule has 82 valence electrons. The Labute approximate surface area is 86.2 Å². The number of rotatable bonds is 3. The Morgan fingerprint density at radius 2 is 1.86 bits per heavy atom. The molecule has 0 heterocycles. The van der Waals surface area contributed by atoms with Crippen LogP contribution in [0.2, 0.25) is 0 Å². The van der Waals surface area contributed by atoms with Crippen molar-refractivity contribution in [2.24, 2.45) is 0 Å². The summed E-state index contributed by atoms with van der Waals surface area (Å²) in [6.07, 6.45) is 7.63. The van der Waals surface area contributed by atoms with Crippen LogP contribution in [0.4, 0.5) is 0 Å². The van der Waals surface area contributed by atoms with Crippen LogP contribution in [0, 0.1) is 0 Å². The Kier molecular flexibility index (Phi) is 4.94. The molecule has 0 amide bonds. The highest BCUT2D eigenvalue weighted by molar-refractivity contribution is 5.75. The zero-order valence-electron chi connectivity index (χ0n) is 9.21. The normalized spacial score (nSPS) is 21.3. The molecule has 1 fully saturated rings. The molecule has 0 radical (unpaired) electrons. The monoisotopic (exact) mass is 199 g/mol. The number of nitrogens with one attached hydrogen (secondary N) is 1. The average Bonchev–Trinajstić information content (AvgIpc) is 2.45. The highest BCUT2D eigenvalue weighted by atomic mass is 16.5. The van der Waals surface area contributed by atoms with Crippen molar-refractivity contribution in [3.63, 3.8) is 0 Å². The minimum absolute atomic E-state index is 0.158. The van der Waals surface area contributed by atoms with Gasteiger partial charge in [-0.05, 0) is 19.8 Å². The fourth-order valence-corrected chi connectivity index (χ4v) is 2.04. The van der Waals surface area contributed by atoms with E-state index in [-0.39, 0.29) is 12.0 Å². The third-order valence-electron chi connectivity index (χ3n) is 2.90. The summed E-state index contributed by atoms with van der Waals surface area (Å²) >= 11 is 0. The van der Waals surface area contributed by atoms with Crippen LogP contribution in [-0.4, -0.2) is 25.2 Å². The molecule has 0 aromatic carbocycles. The van der Waals surface area contributed by atoms with Gasteiger partial charge in [0.25, 0.3) is 0 Å². The van der Waals surface area contributed by atoms with Crippen molar-refractivity contribution in [2.75, 3.05) is 7.11 Å². The molecule has 14 heavy (non-hydrogen) atoms. The molecule has 1 aliphatic carbocycles. The second-order valence-corrected chi connectivity index (χ2v) is 4.10. The first-order chi connectivity index (χ1) is 6.74. The van der Waals surface area contributed by atoms with Gasteiger partial charge in [-0.3, -0.25) is 4.79 Å². The van der Waals surface area contributed by atoms with E-state index < -0.39 is 0 Å². The van der Waals surface area contributed by atoms with Crippen LogP contribution in [0.3, 0.4) is 0 Å². The second-order valence-electron chi connectivity index (χ2n) is 4.10. The maximum atomic E-state index is 11.2. The first-order valence-electron chi connectivity index (χ1n) is 5.58. The molecule has 0 spiro atoms. The lowest BCUT2D eigenvalue weighted by Gasteiger charge is -2.20. The van der Waals surface area contributed by atoms with Gasteiger partial charge in [-0.2, -0.15) is 0 Å². The summed E-state index contributed by atoms with van der Waals surface area (Å²) in [7, 11) is 1.44. The van der Waals surface area contributed by atoms with Gasteiger partial charge in [-0.25, -0.2) is 0 Å². The number of methoxy groups -OCH3 is 1. The van der Waals surface area contributed by atoms with E-state index in [1.165, 1.54) is 45.6 Å². The predicted octanol–water partition coefficient (Wildman–Crippen LogP) is 1.86. The lowest BCUT2D eigenvalue weighted by atomic mass is 10.1. The van der Waals surface area contributed by atoms with Gasteiger partial charge in [0.2, 0.25) is 0 Å². The van der Waals surface area contributed by atoms with Crippen molar-refractivity contribution in [3.8, 4) is 0 Å². The molecule has 3 nitrogen and oxygen atoms in total. The van der Waals surface area contributed by atoms with E-state index in [9.17, 15) is 4.79 Å². The van der Waals surface area contributed by atoms with Gasteiger partial charge in [-0.1, -0.05) is 25.7 Å². The Balaban J connectivity index is 2.30. The van der Waals surface area contributed by atoms with E-state index in [0.717, 1.165) is 0 Å². The van der Waals surface area contributed by atoms with Crippen LogP contribution in [0.5, 0.6) is 0 Å². The largest absolute Gasteiger partial charge is 0.468 e. The fraction of sp³-hybridized carbons (Fsp3) is 0.909. The topological polar surface area (TPSA) is 38.3 Å². The lowest BCUT2D eigenvalue weighted by Crippen LogP contribution is -2.41. The van der Waals surface area contributed by atoms with Crippen LogP contribution >= 0.6 is 0 Å². The van der Waals surface area contributed by atoms with Crippen LogP contribution < -0.4 is 5.32 Å². The summed E-state index contributed by atoms with van der Waals surface area (Å²) in [5, 5.41) is 3.33. The standard InChI is InChI=1S/C11H21NO2/c1-9(11(13)14-2)12-10-7-5-3-4-6-8-10/h9-10,12H,3-8H2,1-2H3/t9-/m0/s1. The molecule has 0 unspecified atom stereocenters. The number of hydrogen-bond acceptors (Lipinski definition) is 3. The summed E-state index contributed by atoms with van der Waals surface area (Å²) in [6.45, 7) is 1.87. The van der Waals surface area contributed by atoms with Gasteiger partial charge in [-0.15, -0.1) is 0 Å². The van der Waals surface area contributed by atoms with E-state index in [0.29, 0.717) is 6.04 Å². The fourth-order valence-electron chi connectivity index (χ4n) is 2.04. The molecular weight excluding hydrogens is 178 g/mol. The maximum Gasteiger partial charge on any atom is 0.322 e. The summed E-state index contributed by atoms with van der Waals surface area (Å²) < 4.78 is 4.68. The minimum Gasteiger partial charge on any atom is -0.468 e. The first kappa shape index (κ1) is 11.5. The zero-order chi connectivity index (χ0) is 10.4. The second kappa shape index (κ2) is 6.02. The lowest BCUT2D eigenvalue weighted by molar-refractivity contribution is -0.142. The molecule has 0 bridgehead atoms. The van der Waals surface area contributed by atoms with Crippen LogP contribution in [0.25, 0.3) is 0 Å². The predicted molar refractivity (Wildman–Crippen MR) is 56.1 cm³/mol. The van der Waals surface area contributed by atoms with Crippen LogP contribution in [0.15, 0.2) is 0 Å². The highest BCUT2D eigenvalue weighted by Crippen LogP contribution is 2.17. The molecule has 0 aromatic rings. The van der Waals surface area contributed by atoms with Crippen molar-refractivity contribution in [1.82, 2.24) is 5.32 Å². The third-order valence-corrected chi connectivity index (χ3v) is 2.90. The molecule has 1 atom stereocenters. The molecule has 1 rings (SSSR count). The summed E-state index contributed by atoms with van der Waals surface area (Å²) in [6, 6.07) is 0.342. The Hall–Kier alpha value is -0.570. The van der Waals surface area contributed by atoms with Crippen molar-refractivity contribution >= 4 is 5.97 Å². The minimum atomic E-state index is -0.164. The van der Waals surface area contributed by atoms with E-state index >= 15 is 0 Å². The van der Waals surface area contributed by atoms with Crippen molar-refractivity contribution in [1.29, 1.82) is 0 Å². The SMILES string of the molecule is COC(=O)[C@H](C)NC1CCCCCC1. The Morgan fingerprint density at radius 3 is 2.36 bits per heavy atom. The van der Waals surface area contributed by atoms with Gasteiger partial charge >= 0.3 is 5.97 Å².